The molecule has 0 radical (unpaired) electrons. The third kappa shape index (κ3) is 3.99. The van der Waals surface area contributed by atoms with Crippen molar-refractivity contribution in [2.45, 2.75) is 13.8 Å². The van der Waals surface area contributed by atoms with Gasteiger partial charge in [0.2, 0.25) is 0 Å². The van der Waals surface area contributed by atoms with Gasteiger partial charge in [0, 0.05) is 24.7 Å². The summed E-state index contributed by atoms with van der Waals surface area (Å²) >= 11 is 0. The van der Waals surface area contributed by atoms with Crippen molar-refractivity contribution < 1.29 is 13.9 Å². The Hall–Kier alpha value is -2.49. The second kappa shape index (κ2) is 7.33. The van der Waals surface area contributed by atoms with E-state index in [-0.39, 0.29) is 6.09 Å². The standard InChI is InChI=1S/C17H19NO3/c1-3-18(4-2)17(19)21-16(13-15-11-8-12-20-15)14-9-6-5-7-10-14/h5-13H,3-4H2,1-2H3/b16-13+. The molecular formula is C17H19NO3. The average molecular weight is 285 g/mol. The molecule has 0 saturated heterocycles. The lowest BCUT2D eigenvalue weighted by Crippen LogP contribution is -2.30. The smallest absolute Gasteiger partial charge is 0.415 e. The molecule has 1 amide bonds. The molecule has 2 rings (SSSR count). The molecule has 1 aromatic carbocycles. The lowest BCUT2D eigenvalue weighted by atomic mass is 10.1. The molecule has 0 N–H and O–H groups in total. The van der Waals surface area contributed by atoms with Crippen LogP contribution in [0.4, 0.5) is 4.79 Å². The molecule has 0 aliphatic heterocycles. The summed E-state index contributed by atoms with van der Waals surface area (Å²) in [5, 5.41) is 0. The van der Waals surface area contributed by atoms with E-state index in [4.69, 9.17) is 9.15 Å². The molecule has 0 unspecified atom stereocenters. The van der Waals surface area contributed by atoms with Crippen molar-refractivity contribution in [2.75, 3.05) is 13.1 Å². The Labute approximate surface area is 124 Å². The summed E-state index contributed by atoms with van der Waals surface area (Å²) in [7, 11) is 0. The molecule has 1 aromatic heterocycles. The van der Waals surface area contributed by atoms with Gasteiger partial charge < -0.3 is 14.1 Å². The monoisotopic (exact) mass is 285 g/mol. The Balaban J connectivity index is 2.27. The van der Waals surface area contributed by atoms with Crippen LogP contribution in [0.5, 0.6) is 0 Å². The number of carbonyl (C=O) groups excluding carboxylic acids is 1. The molecule has 0 fully saturated rings. The van der Waals surface area contributed by atoms with Crippen molar-refractivity contribution in [3.63, 3.8) is 0 Å². The first-order valence-electron chi connectivity index (χ1n) is 7.02. The number of hydrogen-bond donors (Lipinski definition) is 0. The van der Waals surface area contributed by atoms with E-state index >= 15 is 0 Å². The van der Waals surface area contributed by atoms with Crippen molar-refractivity contribution in [2.24, 2.45) is 0 Å². The number of furan rings is 1. The fourth-order valence-electron chi connectivity index (χ4n) is 1.92. The molecule has 0 aliphatic carbocycles. The Morgan fingerprint density at radius 2 is 1.86 bits per heavy atom. The van der Waals surface area contributed by atoms with Gasteiger partial charge in [0.1, 0.15) is 11.5 Å². The Bertz CT molecular complexity index is 584. The highest BCUT2D eigenvalue weighted by atomic mass is 16.6. The highest BCUT2D eigenvalue weighted by molar-refractivity contribution is 5.83. The predicted octanol–water partition coefficient (Wildman–Crippen LogP) is 4.26. The maximum Gasteiger partial charge on any atom is 0.415 e. The van der Waals surface area contributed by atoms with Crippen LogP contribution in [0.1, 0.15) is 25.2 Å². The zero-order valence-electron chi connectivity index (χ0n) is 12.3. The second-order valence-electron chi connectivity index (χ2n) is 4.43. The number of ether oxygens (including phenoxy) is 1. The van der Waals surface area contributed by atoms with Crippen LogP contribution in [0.3, 0.4) is 0 Å². The minimum absolute atomic E-state index is 0.360. The third-order valence-electron chi connectivity index (χ3n) is 3.09. The summed E-state index contributed by atoms with van der Waals surface area (Å²) in [5.74, 6) is 1.11. The third-order valence-corrected chi connectivity index (χ3v) is 3.09. The van der Waals surface area contributed by atoms with Crippen molar-refractivity contribution in [3.05, 3.63) is 60.1 Å². The molecule has 0 atom stereocenters. The first-order chi connectivity index (χ1) is 10.2. The molecule has 0 bridgehead atoms. The fraction of sp³-hybridized carbons (Fsp3) is 0.235. The Morgan fingerprint density at radius 1 is 1.14 bits per heavy atom. The summed E-state index contributed by atoms with van der Waals surface area (Å²) < 4.78 is 10.8. The van der Waals surface area contributed by atoms with E-state index in [1.807, 2.05) is 50.2 Å². The van der Waals surface area contributed by atoms with Crippen LogP contribution < -0.4 is 0 Å². The van der Waals surface area contributed by atoms with Crippen molar-refractivity contribution >= 4 is 17.9 Å². The molecule has 4 heteroatoms. The van der Waals surface area contributed by atoms with Crippen LogP contribution in [0.2, 0.25) is 0 Å². The second-order valence-corrected chi connectivity index (χ2v) is 4.43. The summed E-state index contributed by atoms with van der Waals surface area (Å²) in [4.78, 5) is 13.8. The van der Waals surface area contributed by atoms with Gasteiger partial charge in [0.05, 0.1) is 6.26 Å². The fourth-order valence-corrected chi connectivity index (χ4v) is 1.92. The lowest BCUT2D eigenvalue weighted by molar-refractivity contribution is 0.148. The number of carbonyl (C=O) groups is 1. The Kier molecular flexibility index (Phi) is 5.21. The van der Waals surface area contributed by atoms with Gasteiger partial charge in [-0.15, -0.1) is 0 Å². The summed E-state index contributed by atoms with van der Waals surface area (Å²) in [6.45, 7) is 5.06. The van der Waals surface area contributed by atoms with Crippen molar-refractivity contribution in [1.29, 1.82) is 0 Å². The maximum absolute atomic E-state index is 12.1. The van der Waals surface area contributed by atoms with Gasteiger partial charge >= 0.3 is 6.09 Å². The van der Waals surface area contributed by atoms with Crippen LogP contribution >= 0.6 is 0 Å². The number of amides is 1. The summed E-state index contributed by atoms with van der Waals surface area (Å²) in [6, 6.07) is 13.1. The van der Waals surface area contributed by atoms with Crippen molar-refractivity contribution in [1.82, 2.24) is 4.90 Å². The average Bonchev–Trinajstić information content (AvgIpc) is 3.02. The molecule has 0 saturated carbocycles. The zero-order chi connectivity index (χ0) is 15.1. The van der Waals surface area contributed by atoms with Crippen molar-refractivity contribution in [3.8, 4) is 0 Å². The molecule has 0 spiro atoms. The van der Waals surface area contributed by atoms with E-state index in [0.29, 0.717) is 24.6 Å². The van der Waals surface area contributed by atoms with E-state index < -0.39 is 0 Å². The minimum Gasteiger partial charge on any atom is -0.465 e. The molecule has 1 heterocycles. The van der Waals surface area contributed by atoms with E-state index in [1.165, 1.54) is 0 Å². The zero-order valence-corrected chi connectivity index (χ0v) is 12.3. The molecule has 21 heavy (non-hydrogen) atoms. The van der Waals surface area contributed by atoms with E-state index in [2.05, 4.69) is 0 Å². The highest BCUT2D eigenvalue weighted by Crippen LogP contribution is 2.20. The number of hydrogen-bond acceptors (Lipinski definition) is 3. The van der Waals surface area contributed by atoms with Crippen LogP contribution in [-0.4, -0.2) is 24.1 Å². The minimum atomic E-state index is -0.360. The van der Waals surface area contributed by atoms with E-state index in [9.17, 15) is 4.79 Å². The topological polar surface area (TPSA) is 42.7 Å². The van der Waals surface area contributed by atoms with E-state index in [1.54, 1.807) is 23.3 Å². The number of nitrogens with zero attached hydrogens (tertiary/aromatic N) is 1. The lowest BCUT2D eigenvalue weighted by Gasteiger charge is -2.19. The van der Waals surface area contributed by atoms with Gasteiger partial charge in [0.15, 0.2) is 0 Å². The first-order valence-corrected chi connectivity index (χ1v) is 7.02. The summed E-state index contributed by atoms with van der Waals surface area (Å²) in [5.41, 5.74) is 0.828. The first kappa shape index (κ1) is 14.9. The van der Waals surface area contributed by atoms with Gasteiger partial charge in [0.25, 0.3) is 0 Å². The van der Waals surface area contributed by atoms with Gasteiger partial charge in [-0.2, -0.15) is 0 Å². The molecule has 2 aromatic rings. The van der Waals surface area contributed by atoms with Crippen LogP contribution in [-0.2, 0) is 4.74 Å². The van der Waals surface area contributed by atoms with Crippen LogP contribution in [0.25, 0.3) is 11.8 Å². The Morgan fingerprint density at radius 3 is 2.43 bits per heavy atom. The highest BCUT2D eigenvalue weighted by Gasteiger charge is 2.15. The van der Waals surface area contributed by atoms with Gasteiger partial charge in [-0.1, -0.05) is 30.3 Å². The molecule has 110 valence electrons. The van der Waals surface area contributed by atoms with E-state index in [0.717, 1.165) is 5.56 Å². The van der Waals surface area contributed by atoms with Gasteiger partial charge in [-0.05, 0) is 26.0 Å². The van der Waals surface area contributed by atoms with Gasteiger partial charge in [-0.25, -0.2) is 4.79 Å². The molecule has 4 nitrogen and oxygen atoms in total. The summed E-state index contributed by atoms with van der Waals surface area (Å²) in [6.07, 6.45) is 2.94. The number of benzene rings is 1. The molecule has 0 aliphatic rings. The normalized spacial score (nSPS) is 11.2. The van der Waals surface area contributed by atoms with Crippen LogP contribution in [0.15, 0.2) is 53.1 Å². The molecular weight excluding hydrogens is 266 g/mol. The number of rotatable bonds is 5. The SMILES string of the molecule is CCN(CC)C(=O)O/C(=C/c1ccco1)c1ccccc1. The predicted molar refractivity (Wildman–Crippen MR) is 82.4 cm³/mol. The van der Waals surface area contributed by atoms with Gasteiger partial charge in [-0.3, -0.25) is 0 Å². The quantitative estimate of drug-likeness (QED) is 0.771. The maximum atomic E-state index is 12.1. The van der Waals surface area contributed by atoms with Crippen LogP contribution in [0, 0.1) is 0 Å². The largest absolute Gasteiger partial charge is 0.465 e.